The maximum absolute atomic E-state index is 12.0. The molecule has 0 bridgehead atoms. The topological polar surface area (TPSA) is 57.6 Å². The van der Waals surface area contributed by atoms with E-state index < -0.39 is 5.97 Å². The van der Waals surface area contributed by atoms with Gasteiger partial charge in [-0.3, -0.25) is 9.59 Å². The third-order valence-electron chi connectivity index (χ3n) is 2.42. The van der Waals surface area contributed by atoms with Gasteiger partial charge in [0.2, 0.25) is 5.91 Å². The molecule has 0 atom stereocenters. The Morgan fingerprint density at radius 1 is 1.47 bits per heavy atom. The Balaban J connectivity index is 2.57. The van der Waals surface area contributed by atoms with Gasteiger partial charge >= 0.3 is 5.97 Å². The molecule has 1 aromatic rings. The quantitative estimate of drug-likeness (QED) is 0.846. The summed E-state index contributed by atoms with van der Waals surface area (Å²) in [5.41, 5.74) is 0. The average Bonchev–Trinajstić information content (AvgIpc) is 2.69. The molecule has 17 heavy (non-hydrogen) atoms. The van der Waals surface area contributed by atoms with E-state index in [0.29, 0.717) is 6.42 Å². The van der Waals surface area contributed by atoms with Crippen molar-refractivity contribution in [3.63, 3.8) is 0 Å². The zero-order chi connectivity index (χ0) is 12.8. The lowest BCUT2D eigenvalue weighted by Crippen LogP contribution is -2.39. The highest BCUT2D eigenvalue weighted by Crippen LogP contribution is 2.12. The first-order chi connectivity index (χ1) is 8.00. The van der Waals surface area contributed by atoms with Crippen LogP contribution in [0.25, 0.3) is 0 Å². The molecule has 1 N–H and O–H groups in total. The smallest absolute Gasteiger partial charge is 0.305 e. The monoisotopic (exact) mass is 255 g/mol. The van der Waals surface area contributed by atoms with E-state index in [-0.39, 0.29) is 24.9 Å². The number of carboxylic acids is 1. The number of rotatable bonds is 6. The van der Waals surface area contributed by atoms with E-state index in [2.05, 4.69) is 0 Å². The van der Waals surface area contributed by atoms with Crippen LogP contribution in [0.2, 0.25) is 0 Å². The lowest BCUT2D eigenvalue weighted by molar-refractivity contribution is -0.138. The largest absolute Gasteiger partial charge is 0.481 e. The number of carbonyl (C=O) groups excluding carboxylic acids is 1. The summed E-state index contributed by atoms with van der Waals surface area (Å²) in [5, 5.41) is 10.6. The van der Waals surface area contributed by atoms with Crippen molar-refractivity contribution in [2.45, 2.75) is 32.7 Å². The van der Waals surface area contributed by atoms with E-state index in [1.54, 1.807) is 16.2 Å². The predicted octanol–water partition coefficient (Wildman–Crippen LogP) is 2.00. The molecule has 0 saturated carbocycles. The first-order valence-electron chi connectivity index (χ1n) is 5.54. The Kier molecular flexibility index (Phi) is 5.15. The minimum atomic E-state index is -0.875. The number of carbonyl (C=O) groups is 2. The van der Waals surface area contributed by atoms with Crippen molar-refractivity contribution in [2.24, 2.45) is 0 Å². The summed E-state index contributed by atoms with van der Waals surface area (Å²) in [7, 11) is 0. The summed E-state index contributed by atoms with van der Waals surface area (Å²) < 4.78 is 0. The Hall–Kier alpha value is -1.36. The highest BCUT2D eigenvalue weighted by Gasteiger charge is 2.18. The summed E-state index contributed by atoms with van der Waals surface area (Å²) in [6.07, 6.45) is 0.351. The van der Waals surface area contributed by atoms with Crippen LogP contribution < -0.4 is 0 Å². The fraction of sp³-hybridized carbons (Fsp3) is 0.500. The van der Waals surface area contributed by atoms with Crippen LogP contribution >= 0.6 is 11.3 Å². The predicted molar refractivity (Wildman–Crippen MR) is 67.1 cm³/mol. The fourth-order valence-electron chi connectivity index (χ4n) is 1.55. The summed E-state index contributed by atoms with van der Waals surface area (Å²) in [5.74, 6) is -0.886. The number of hydrogen-bond acceptors (Lipinski definition) is 3. The molecule has 0 aliphatic heterocycles. The van der Waals surface area contributed by atoms with Crippen LogP contribution in [0.5, 0.6) is 0 Å². The van der Waals surface area contributed by atoms with Crippen LogP contribution in [0.4, 0.5) is 0 Å². The first-order valence-corrected chi connectivity index (χ1v) is 6.42. The molecule has 0 unspecified atom stereocenters. The molecule has 0 fully saturated rings. The van der Waals surface area contributed by atoms with E-state index in [9.17, 15) is 9.59 Å². The zero-order valence-corrected chi connectivity index (χ0v) is 10.9. The number of nitrogens with zero attached hydrogens (tertiary/aromatic N) is 1. The van der Waals surface area contributed by atoms with E-state index >= 15 is 0 Å². The maximum Gasteiger partial charge on any atom is 0.305 e. The van der Waals surface area contributed by atoms with Crippen molar-refractivity contribution in [3.8, 4) is 0 Å². The van der Waals surface area contributed by atoms with Gasteiger partial charge in [-0.05, 0) is 25.3 Å². The van der Waals surface area contributed by atoms with Gasteiger partial charge in [0.1, 0.15) is 0 Å². The second-order valence-electron chi connectivity index (χ2n) is 4.08. The Morgan fingerprint density at radius 3 is 2.65 bits per heavy atom. The van der Waals surface area contributed by atoms with Crippen molar-refractivity contribution >= 4 is 23.2 Å². The molecule has 0 aromatic carbocycles. The maximum atomic E-state index is 12.0. The second kappa shape index (κ2) is 6.39. The second-order valence-corrected chi connectivity index (χ2v) is 5.11. The Bertz CT molecular complexity index is 373. The van der Waals surface area contributed by atoms with Gasteiger partial charge in [0.05, 0.1) is 12.8 Å². The van der Waals surface area contributed by atoms with Gasteiger partial charge in [-0.2, -0.15) is 0 Å². The number of thiophene rings is 1. The number of amides is 1. The van der Waals surface area contributed by atoms with E-state index in [1.807, 2.05) is 31.4 Å². The van der Waals surface area contributed by atoms with Gasteiger partial charge < -0.3 is 10.0 Å². The summed E-state index contributed by atoms with van der Waals surface area (Å²) >= 11 is 1.54. The normalized spacial score (nSPS) is 10.5. The number of carboxylic acid groups (broad SMARTS) is 1. The molecule has 1 amide bonds. The van der Waals surface area contributed by atoms with Gasteiger partial charge in [0.25, 0.3) is 0 Å². The van der Waals surface area contributed by atoms with Crippen LogP contribution in [-0.4, -0.2) is 34.5 Å². The molecule has 0 saturated heterocycles. The number of hydrogen-bond donors (Lipinski definition) is 1. The Labute approximate surface area is 105 Å². The van der Waals surface area contributed by atoms with Gasteiger partial charge in [-0.1, -0.05) is 6.07 Å². The van der Waals surface area contributed by atoms with Crippen LogP contribution in [-0.2, 0) is 16.0 Å². The standard InChI is InChI=1S/C12H17NO3S/c1-9(2)13(6-5-12(15)16)11(14)8-10-4-3-7-17-10/h3-4,7,9H,5-6,8H2,1-2H3,(H,15,16). The van der Waals surface area contributed by atoms with Crippen LogP contribution in [0, 0.1) is 0 Å². The molecule has 0 radical (unpaired) electrons. The van der Waals surface area contributed by atoms with Crippen molar-refractivity contribution < 1.29 is 14.7 Å². The molecule has 1 rings (SSSR count). The van der Waals surface area contributed by atoms with Gasteiger partial charge in [-0.25, -0.2) is 0 Å². The number of aliphatic carboxylic acids is 1. The van der Waals surface area contributed by atoms with Gasteiger partial charge in [-0.15, -0.1) is 11.3 Å². The fourth-order valence-corrected chi connectivity index (χ4v) is 2.25. The van der Waals surface area contributed by atoms with Crippen LogP contribution in [0.15, 0.2) is 17.5 Å². The molecule has 4 nitrogen and oxygen atoms in total. The summed E-state index contributed by atoms with van der Waals surface area (Å²) in [6.45, 7) is 4.07. The van der Waals surface area contributed by atoms with Crippen molar-refractivity contribution in [1.82, 2.24) is 4.90 Å². The molecular formula is C12H17NO3S. The lowest BCUT2D eigenvalue weighted by Gasteiger charge is -2.26. The first kappa shape index (κ1) is 13.7. The molecule has 0 spiro atoms. The zero-order valence-electron chi connectivity index (χ0n) is 10.0. The molecule has 1 aromatic heterocycles. The van der Waals surface area contributed by atoms with Crippen molar-refractivity contribution in [3.05, 3.63) is 22.4 Å². The highest BCUT2D eigenvalue weighted by atomic mass is 32.1. The van der Waals surface area contributed by atoms with Gasteiger partial charge in [0, 0.05) is 17.5 Å². The summed E-state index contributed by atoms with van der Waals surface area (Å²) in [6, 6.07) is 3.85. The van der Waals surface area contributed by atoms with Gasteiger partial charge in [0.15, 0.2) is 0 Å². The lowest BCUT2D eigenvalue weighted by atomic mass is 10.2. The van der Waals surface area contributed by atoms with E-state index in [1.165, 1.54) is 0 Å². The van der Waals surface area contributed by atoms with Crippen molar-refractivity contribution in [2.75, 3.05) is 6.54 Å². The minimum absolute atomic E-state index is 0.00559. The minimum Gasteiger partial charge on any atom is -0.481 e. The third kappa shape index (κ3) is 4.56. The summed E-state index contributed by atoms with van der Waals surface area (Å²) in [4.78, 5) is 25.2. The third-order valence-corrected chi connectivity index (χ3v) is 3.29. The molecule has 1 heterocycles. The van der Waals surface area contributed by atoms with E-state index in [0.717, 1.165) is 4.88 Å². The Morgan fingerprint density at radius 2 is 2.18 bits per heavy atom. The average molecular weight is 255 g/mol. The molecule has 94 valence electrons. The molecular weight excluding hydrogens is 238 g/mol. The van der Waals surface area contributed by atoms with Crippen LogP contribution in [0.3, 0.4) is 0 Å². The molecule has 0 aliphatic rings. The van der Waals surface area contributed by atoms with Crippen LogP contribution in [0.1, 0.15) is 25.1 Å². The van der Waals surface area contributed by atoms with Crippen molar-refractivity contribution in [1.29, 1.82) is 0 Å². The molecule has 0 aliphatic carbocycles. The SMILES string of the molecule is CC(C)N(CCC(=O)O)C(=O)Cc1cccs1. The highest BCUT2D eigenvalue weighted by molar-refractivity contribution is 7.10. The van der Waals surface area contributed by atoms with E-state index in [4.69, 9.17) is 5.11 Å². The molecule has 5 heteroatoms.